The number of benzene rings is 1. The fourth-order valence-electron chi connectivity index (χ4n) is 3.06. The average molecular weight is 329 g/mol. The van der Waals surface area contributed by atoms with Crippen LogP contribution < -0.4 is 5.32 Å². The molecule has 4 nitrogen and oxygen atoms in total. The third-order valence-electron chi connectivity index (χ3n) is 4.44. The lowest BCUT2D eigenvalue weighted by atomic mass is 10.1. The number of thiazole rings is 1. The summed E-state index contributed by atoms with van der Waals surface area (Å²) in [6.45, 7) is 6.12. The van der Waals surface area contributed by atoms with E-state index in [1.165, 1.54) is 22.5 Å². The highest BCUT2D eigenvalue weighted by Crippen LogP contribution is 2.19. The summed E-state index contributed by atoms with van der Waals surface area (Å²) in [5.41, 5.74) is 5.39. The van der Waals surface area contributed by atoms with E-state index in [-0.39, 0.29) is 5.91 Å². The average Bonchev–Trinajstić information content (AvgIpc) is 3.19. The van der Waals surface area contributed by atoms with Crippen LogP contribution in [0.15, 0.2) is 35.2 Å². The molecule has 0 aliphatic carbocycles. The number of hydrogen-bond donors (Lipinski definition) is 1. The molecule has 1 aliphatic rings. The summed E-state index contributed by atoms with van der Waals surface area (Å²) < 4.78 is 0. The van der Waals surface area contributed by atoms with Gasteiger partial charge in [-0.05, 0) is 36.9 Å². The van der Waals surface area contributed by atoms with Gasteiger partial charge in [0.15, 0.2) is 0 Å². The van der Waals surface area contributed by atoms with Crippen LogP contribution in [0.2, 0.25) is 0 Å². The number of likely N-dealkylation sites (tertiary alicyclic amines) is 1. The summed E-state index contributed by atoms with van der Waals surface area (Å²) >= 11 is 1.53. The van der Waals surface area contributed by atoms with Gasteiger partial charge in [-0.3, -0.25) is 9.69 Å². The molecule has 1 atom stereocenters. The highest BCUT2D eigenvalue weighted by atomic mass is 32.1. The first-order valence-electron chi connectivity index (χ1n) is 8.11. The molecule has 0 bridgehead atoms. The zero-order valence-corrected chi connectivity index (χ0v) is 14.3. The molecule has 3 rings (SSSR count). The lowest BCUT2D eigenvalue weighted by molar-refractivity contribution is -0.120. The van der Waals surface area contributed by atoms with Gasteiger partial charge in [-0.15, -0.1) is 11.3 Å². The Kier molecular flexibility index (Phi) is 5.41. The van der Waals surface area contributed by atoms with Crippen LogP contribution in [0, 0.1) is 12.8 Å². The maximum absolute atomic E-state index is 11.9. The van der Waals surface area contributed by atoms with Crippen LogP contribution in [0.3, 0.4) is 0 Å². The first-order valence-corrected chi connectivity index (χ1v) is 9.05. The van der Waals surface area contributed by atoms with Crippen molar-refractivity contribution in [2.45, 2.75) is 26.3 Å². The molecule has 1 aromatic heterocycles. The van der Waals surface area contributed by atoms with E-state index in [1.807, 2.05) is 5.38 Å². The van der Waals surface area contributed by atoms with Crippen LogP contribution in [0.1, 0.15) is 23.2 Å². The maximum Gasteiger partial charge on any atom is 0.226 e. The Morgan fingerprint density at radius 2 is 2.30 bits per heavy atom. The number of aromatic nitrogens is 1. The summed E-state index contributed by atoms with van der Waals surface area (Å²) in [6, 6.07) is 8.57. The predicted octanol–water partition coefficient (Wildman–Crippen LogP) is 2.63. The molecule has 1 unspecified atom stereocenters. The molecule has 1 aromatic carbocycles. The molecule has 2 heterocycles. The summed E-state index contributed by atoms with van der Waals surface area (Å²) in [5.74, 6) is 0.631. The fraction of sp³-hybridized carbons (Fsp3) is 0.444. The summed E-state index contributed by atoms with van der Waals surface area (Å²) in [4.78, 5) is 18.6. The second-order valence-electron chi connectivity index (χ2n) is 6.28. The number of hydrogen-bond acceptors (Lipinski definition) is 4. The minimum atomic E-state index is 0.0771. The number of rotatable bonds is 6. The van der Waals surface area contributed by atoms with Gasteiger partial charge in [0, 0.05) is 25.0 Å². The van der Waals surface area contributed by atoms with Crippen molar-refractivity contribution in [2.75, 3.05) is 19.6 Å². The molecular weight excluding hydrogens is 306 g/mol. The predicted molar refractivity (Wildman–Crippen MR) is 93.4 cm³/mol. The zero-order chi connectivity index (χ0) is 16.1. The van der Waals surface area contributed by atoms with Gasteiger partial charge in [-0.2, -0.15) is 0 Å². The number of nitrogens with zero attached hydrogens (tertiary/aromatic N) is 2. The van der Waals surface area contributed by atoms with Gasteiger partial charge in [0.1, 0.15) is 0 Å². The molecule has 1 saturated heterocycles. The molecular formula is C18H23N3OS. The van der Waals surface area contributed by atoms with E-state index in [0.29, 0.717) is 12.3 Å². The quantitative estimate of drug-likeness (QED) is 0.886. The van der Waals surface area contributed by atoms with Crippen molar-refractivity contribution in [1.82, 2.24) is 15.2 Å². The number of amides is 1. The van der Waals surface area contributed by atoms with Gasteiger partial charge >= 0.3 is 0 Å². The number of carbonyl (C=O) groups excluding carboxylic acids is 1. The lowest BCUT2D eigenvalue weighted by Gasteiger charge is -2.17. The van der Waals surface area contributed by atoms with E-state index >= 15 is 0 Å². The topological polar surface area (TPSA) is 45.2 Å². The van der Waals surface area contributed by atoms with Crippen LogP contribution in [-0.2, 0) is 17.8 Å². The molecule has 0 spiro atoms. The highest BCUT2D eigenvalue weighted by molar-refractivity contribution is 7.07. The molecule has 0 saturated carbocycles. The first kappa shape index (κ1) is 16.1. The van der Waals surface area contributed by atoms with Crippen LogP contribution in [0.4, 0.5) is 0 Å². The van der Waals surface area contributed by atoms with E-state index in [0.717, 1.165) is 38.3 Å². The van der Waals surface area contributed by atoms with Crippen molar-refractivity contribution in [2.24, 2.45) is 5.92 Å². The molecule has 0 radical (unpaired) electrons. The Labute approximate surface area is 141 Å². The minimum absolute atomic E-state index is 0.0771. The van der Waals surface area contributed by atoms with Gasteiger partial charge in [0.25, 0.3) is 0 Å². The van der Waals surface area contributed by atoms with Crippen molar-refractivity contribution in [1.29, 1.82) is 0 Å². The molecule has 1 aliphatic heterocycles. The summed E-state index contributed by atoms with van der Waals surface area (Å²) in [6.07, 6.45) is 1.55. The van der Waals surface area contributed by atoms with Crippen molar-refractivity contribution < 1.29 is 4.79 Å². The second-order valence-corrected chi connectivity index (χ2v) is 7.00. The Hall–Kier alpha value is -1.72. The van der Waals surface area contributed by atoms with E-state index in [1.54, 1.807) is 5.51 Å². The van der Waals surface area contributed by atoms with E-state index in [2.05, 4.69) is 46.4 Å². The highest BCUT2D eigenvalue weighted by Gasteiger charge is 2.23. The molecule has 2 aromatic rings. The maximum atomic E-state index is 11.9. The summed E-state index contributed by atoms with van der Waals surface area (Å²) in [7, 11) is 0. The third-order valence-corrected chi connectivity index (χ3v) is 5.07. The number of nitrogens with one attached hydrogen (secondary N) is 1. The van der Waals surface area contributed by atoms with Gasteiger partial charge in [0.05, 0.1) is 17.6 Å². The molecule has 1 N–H and O–H groups in total. The standard InChI is InChI=1S/C18H23N3OS/c1-14-4-2-3-5-16(14)11-21-7-6-15(10-21)9-19-18(22)8-17-12-23-13-20-17/h2-5,12-13,15H,6-11H2,1H3,(H,19,22). The summed E-state index contributed by atoms with van der Waals surface area (Å²) in [5, 5.41) is 4.99. The van der Waals surface area contributed by atoms with E-state index < -0.39 is 0 Å². The minimum Gasteiger partial charge on any atom is -0.355 e. The zero-order valence-electron chi connectivity index (χ0n) is 13.5. The fourth-order valence-corrected chi connectivity index (χ4v) is 3.62. The molecule has 122 valence electrons. The normalized spacial score (nSPS) is 18.2. The van der Waals surface area contributed by atoms with Gasteiger partial charge in [0.2, 0.25) is 5.91 Å². The molecule has 23 heavy (non-hydrogen) atoms. The second kappa shape index (κ2) is 7.70. The number of aryl methyl sites for hydroxylation is 1. The van der Waals surface area contributed by atoms with Crippen molar-refractivity contribution in [3.63, 3.8) is 0 Å². The van der Waals surface area contributed by atoms with E-state index in [9.17, 15) is 4.79 Å². The van der Waals surface area contributed by atoms with Crippen LogP contribution >= 0.6 is 11.3 Å². The Balaban J connectivity index is 1.41. The van der Waals surface area contributed by atoms with Crippen LogP contribution in [0.25, 0.3) is 0 Å². The lowest BCUT2D eigenvalue weighted by Crippen LogP contribution is -2.32. The van der Waals surface area contributed by atoms with Crippen LogP contribution in [-0.4, -0.2) is 35.4 Å². The van der Waals surface area contributed by atoms with Crippen LogP contribution in [0.5, 0.6) is 0 Å². The van der Waals surface area contributed by atoms with Gasteiger partial charge in [-0.1, -0.05) is 24.3 Å². The van der Waals surface area contributed by atoms with E-state index in [4.69, 9.17) is 0 Å². The first-order chi connectivity index (χ1) is 11.2. The molecule has 1 fully saturated rings. The Morgan fingerprint density at radius 3 is 3.09 bits per heavy atom. The number of carbonyl (C=O) groups is 1. The van der Waals surface area contributed by atoms with Crippen molar-refractivity contribution >= 4 is 17.2 Å². The Bertz CT molecular complexity index is 641. The molecule has 5 heteroatoms. The van der Waals surface area contributed by atoms with Gasteiger partial charge in [-0.25, -0.2) is 4.98 Å². The van der Waals surface area contributed by atoms with Gasteiger partial charge < -0.3 is 5.32 Å². The largest absolute Gasteiger partial charge is 0.355 e. The molecule has 1 amide bonds. The Morgan fingerprint density at radius 1 is 1.43 bits per heavy atom. The third kappa shape index (κ3) is 4.62. The monoisotopic (exact) mass is 329 g/mol. The van der Waals surface area contributed by atoms with Crippen molar-refractivity contribution in [3.8, 4) is 0 Å². The van der Waals surface area contributed by atoms with Crippen molar-refractivity contribution in [3.05, 3.63) is 52.0 Å². The SMILES string of the molecule is Cc1ccccc1CN1CCC(CNC(=O)Cc2cscn2)C1. The smallest absolute Gasteiger partial charge is 0.226 e.